The number of rotatable bonds is 5. The van der Waals surface area contributed by atoms with Gasteiger partial charge in [0.25, 0.3) is 6.02 Å². The molecule has 0 saturated carbocycles. The molecule has 70 valence electrons. The molecule has 0 saturated heterocycles. The molecule has 6 N–H and O–H groups in total. The van der Waals surface area contributed by atoms with Crippen molar-refractivity contribution in [2.45, 2.75) is 18.9 Å². The van der Waals surface area contributed by atoms with Crippen molar-refractivity contribution in [1.29, 1.82) is 5.41 Å². The van der Waals surface area contributed by atoms with Gasteiger partial charge in [0.05, 0.1) is 6.61 Å². The Morgan fingerprint density at radius 3 is 2.67 bits per heavy atom. The third-order valence-electron chi connectivity index (χ3n) is 1.23. The molecule has 1 unspecified atom stereocenters. The lowest BCUT2D eigenvalue weighted by atomic mass is 10.2. The van der Waals surface area contributed by atoms with Gasteiger partial charge in [0.1, 0.15) is 6.04 Å². The summed E-state index contributed by atoms with van der Waals surface area (Å²) in [5.41, 5.74) is 10.1. The van der Waals surface area contributed by atoms with Gasteiger partial charge in [0, 0.05) is 0 Å². The zero-order chi connectivity index (χ0) is 9.56. The Morgan fingerprint density at radius 2 is 2.25 bits per heavy atom. The van der Waals surface area contributed by atoms with Gasteiger partial charge in [-0.1, -0.05) is 0 Å². The van der Waals surface area contributed by atoms with Crippen LogP contribution in [0.1, 0.15) is 12.8 Å². The first kappa shape index (κ1) is 10.7. The Kier molecular flexibility index (Phi) is 4.78. The van der Waals surface area contributed by atoms with E-state index in [0.29, 0.717) is 12.8 Å². The molecule has 0 aromatic heterocycles. The molecule has 0 radical (unpaired) electrons. The quantitative estimate of drug-likeness (QED) is 0.245. The highest BCUT2D eigenvalue weighted by atomic mass is 16.5. The van der Waals surface area contributed by atoms with Crippen LogP contribution in [0.5, 0.6) is 0 Å². The van der Waals surface area contributed by atoms with E-state index in [-0.39, 0.29) is 12.6 Å². The van der Waals surface area contributed by atoms with Crippen LogP contribution in [0.25, 0.3) is 0 Å². The molecule has 6 heteroatoms. The predicted molar refractivity (Wildman–Crippen MR) is 42.7 cm³/mol. The maximum absolute atomic E-state index is 10.2. The van der Waals surface area contributed by atoms with Crippen molar-refractivity contribution in [3.05, 3.63) is 0 Å². The van der Waals surface area contributed by atoms with Crippen molar-refractivity contribution in [3.8, 4) is 0 Å². The summed E-state index contributed by atoms with van der Waals surface area (Å²) in [5, 5.41) is 15.0. The summed E-state index contributed by atoms with van der Waals surface area (Å²) in [4.78, 5) is 10.2. The van der Waals surface area contributed by atoms with Gasteiger partial charge in [0.2, 0.25) is 0 Å². The number of nitrogens with two attached hydrogens (primary N) is 2. The largest absolute Gasteiger partial charge is 0.480 e. The minimum Gasteiger partial charge on any atom is -0.480 e. The lowest BCUT2D eigenvalue weighted by Crippen LogP contribution is -2.30. The van der Waals surface area contributed by atoms with Crippen molar-refractivity contribution in [2.24, 2.45) is 11.5 Å². The Morgan fingerprint density at radius 1 is 1.67 bits per heavy atom. The molecule has 0 aromatic rings. The summed E-state index contributed by atoms with van der Waals surface area (Å²) in [6.07, 6.45) is 0.801. The number of ether oxygens (including phenoxy) is 1. The maximum atomic E-state index is 10.2. The minimum absolute atomic E-state index is 0.232. The Bertz CT molecular complexity index is 171. The number of hydrogen-bond donors (Lipinski definition) is 4. The Hall–Kier alpha value is -1.30. The number of carbonyl (C=O) groups is 1. The highest BCUT2D eigenvalue weighted by Crippen LogP contribution is 1.94. The molecule has 0 heterocycles. The summed E-state index contributed by atoms with van der Waals surface area (Å²) in [6, 6.07) is -1.22. The average molecular weight is 175 g/mol. The Balaban J connectivity index is 3.31. The molecule has 6 nitrogen and oxygen atoms in total. The lowest BCUT2D eigenvalue weighted by molar-refractivity contribution is -0.138. The van der Waals surface area contributed by atoms with E-state index in [9.17, 15) is 4.79 Å². The molecular formula is C6H13N3O3. The van der Waals surface area contributed by atoms with E-state index >= 15 is 0 Å². The minimum atomic E-state index is -1.03. The van der Waals surface area contributed by atoms with Gasteiger partial charge in [-0.05, 0) is 12.8 Å². The van der Waals surface area contributed by atoms with E-state index in [2.05, 4.69) is 4.74 Å². The molecule has 0 rings (SSSR count). The molecule has 0 fully saturated rings. The predicted octanol–water partition coefficient (Wildman–Crippen LogP) is -0.911. The smallest absolute Gasteiger partial charge is 0.320 e. The van der Waals surface area contributed by atoms with Crippen molar-refractivity contribution < 1.29 is 14.6 Å². The molecule has 0 amide bonds. The van der Waals surface area contributed by atoms with Gasteiger partial charge in [0.15, 0.2) is 0 Å². The second kappa shape index (κ2) is 5.36. The molecule has 0 aromatic carbocycles. The fraction of sp³-hybridized carbons (Fsp3) is 0.667. The first-order valence-corrected chi connectivity index (χ1v) is 3.49. The van der Waals surface area contributed by atoms with Gasteiger partial charge < -0.3 is 21.3 Å². The number of carboxylic acids is 1. The maximum Gasteiger partial charge on any atom is 0.320 e. The normalized spacial score (nSPS) is 12.1. The highest BCUT2D eigenvalue weighted by Gasteiger charge is 2.09. The SMILES string of the molecule is N=C(N)OCCCC(N)C(=O)O. The van der Waals surface area contributed by atoms with E-state index in [0.717, 1.165) is 0 Å². The van der Waals surface area contributed by atoms with E-state index in [1.165, 1.54) is 0 Å². The first-order chi connectivity index (χ1) is 5.54. The van der Waals surface area contributed by atoms with Crippen LogP contribution in [0.2, 0.25) is 0 Å². The average Bonchev–Trinajstić information content (AvgIpc) is 1.97. The third kappa shape index (κ3) is 5.48. The highest BCUT2D eigenvalue weighted by molar-refractivity contribution is 5.72. The van der Waals surface area contributed by atoms with E-state index in [1.54, 1.807) is 0 Å². The monoisotopic (exact) mass is 175 g/mol. The molecule has 0 aliphatic rings. The number of nitrogens with one attached hydrogen (secondary N) is 1. The first-order valence-electron chi connectivity index (χ1n) is 3.49. The van der Waals surface area contributed by atoms with Crippen LogP contribution in [-0.4, -0.2) is 29.7 Å². The second-order valence-corrected chi connectivity index (χ2v) is 2.30. The summed E-state index contributed by atoms with van der Waals surface area (Å²) >= 11 is 0. The molecule has 12 heavy (non-hydrogen) atoms. The number of carboxylic acid groups (broad SMARTS) is 1. The third-order valence-corrected chi connectivity index (χ3v) is 1.23. The zero-order valence-corrected chi connectivity index (χ0v) is 6.62. The van der Waals surface area contributed by atoms with Crippen molar-refractivity contribution in [3.63, 3.8) is 0 Å². The van der Waals surface area contributed by atoms with E-state index < -0.39 is 12.0 Å². The second-order valence-electron chi connectivity index (χ2n) is 2.30. The molecule has 1 atom stereocenters. The van der Waals surface area contributed by atoms with Crippen LogP contribution in [0.15, 0.2) is 0 Å². The summed E-state index contributed by atoms with van der Waals surface area (Å²) in [5.74, 6) is -1.03. The molecule has 0 bridgehead atoms. The van der Waals surface area contributed by atoms with Gasteiger partial charge in [-0.3, -0.25) is 10.2 Å². The van der Waals surface area contributed by atoms with Gasteiger partial charge in [-0.25, -0.2) is 0 Å². The molecule has 0 spiro atoms. The van der Waals surface area contributed by atoms with Gasteiger partial charge in [-0.2, -0.15) is 0 Å². The molecular weight excluding hydrogens is 162 g/mol. The molecule has 0 aliphatic carbocycles. The van der Waals surface area contributed by atoms with Crippen LogP contribution in [0, 0.1) is 5.41 Å². The van der Waals surface area contributed by atoms with Crippen molar-refractivity contribution in [2.75, 3.05) is 6.61 Å². The topological polar surface area (TPSA) is 122 Å². The van der Waals surface area contributed by atoms with Gasteiger partial charge in [-0.15, -0.1) is 0 Å². The summed E-state index contributed by atoms with van der Waals surface area (Å²) in [7, 11) is 0. The van der Waals surface area contributed by atoms with E-state index in [4.69, 9.17) is 22.0 Å². The van der Waals surface area contributed by atoms with Crippen molar-refractivity contribution in [1.82, 2.24) is 0 Å². The number of hydrogen-bond acceptors (Lipinski definition) is 4. The Labute approximate surface area is 70.0 Å². The summed E-state index contributed by atoms with van der Waals surface area (Å²) in [6.45, 7) is 0.232. The lowest BCUT2D eigenvalue weighted by Gasteiger charge is -2.05. The molecule has 0 aliphatic heterocycles. The van der Waals surface area contributed by atoms with Crippen LogP contribution in [0.4, 0.5) is 0 Å². The van der Waals surface area contributed by atoms with Crippen LogP contribution in [-0.2, 0) is 9.53 Å². The fourth-order valence-corrected chi connectivity index (χ4v) is 0.609. The number of amidine groups is 1. The number of aliphatic carboxylic acids is 1. The fourth-order valence-electron chi connectivity index (χ4n) is 0.609. The standard InChI is InChI=1S/C6H13N3O3/c7-4(5(10)11)2-1-3-12-6(8)9/h4H,1-3,7H2,(H3,8,9)(H,10,11). The van der Waals surface area contributed by atoms with E-state index in [1.807, 2.05) is 0 Å². The summed E-state index contributed by atoms with van der Waals surface area (Å²) < 4.78 is 4.58. The zero-order valence-electron chi connectivity index (χ0n) is 6.62. The van der Waals surface area contributed by atoms with Crippen LogP contribution < -0.4 is 11.5 Å². The van der Waals surface area contributed by atoms with Gasteiger partial charge >= 0.3 is 5.97 Å². The van der Waals surface area contributed by atoms with Crippen LogP contribution in [0.3, 0.4) is 0 Å². The van der Waals surface area contributed by atoms with Crippen molar-refractivity contribution >= 4 is 12.0 Å². The van der Waals surface area contributed by atoms with Crippen LogP contribution >= 0.6 is 0 Å².